The minimum absolute atomic E-state index is 0.0558. The second kappa shape index (κ2) is 9.95. The van der Waals surface area contributed by atoms with Gasteiger partial charge in [0.05, 0.1) is 17.4 Å². The van der Waals surface area contributed by atoms with E-state index < -0.39 is 29.8 Å². The molecule has 2 N–H and O–H groups in total. The lowest BCUT2D eigenvalue weighted by Gasteiger charge is -2.25. The van der Waals surface area contributed by atoms with E-state index in [1.807, 2.05) is 0 Å². The second-order valence-corrected chi connectivity index (χ2v) is 13.0. The molecule has 0 amide bonds. The quantitative estimate of drug-likeness (QED) is 0.306. The van der Waals surface area contributed by atoms with Crippen molar-refractivity contribution in [1.29, 1.82) is 0 Å². The Morgan fingerprint density at radius 2 is 1.57 bits per heavy atom. The van der Waals surface area contributed by atoms with Crippen molar-refractivity contribution in [3.63, 3.8) is 0 Å². The summed E-state index contributed by atoms with van der Waals surface area (Å²) in [6.45, 7) is 2.85. The molecular formula is C21H28O7SSi. The van der Waals surface area contributed by atoms with Gasteiger partial charge in [-0.3, -0.25) is 8.98 Å². The zero-order valence-electron chi connectivity index (χ0n) is 17.4. The zero-order chi connectivity index (χ0) is 22.4. The maximum Gasteiger partial charge on any atom is 0.297 e. The summed E-state index contributed by atoms with van der Waals surface area (Å²) in [6.07, 6.45) is 0.149. The summed E-state index contributed by atoms with van der Waals surface area (Å²) < 4.78 is 36.0. The highest BCUT2D eigenvalue weighted by atomic mass is 32.2. The highest BCUT2D eigenvalue weighted by Crippen LogP contribution is 2.25. The number of ketones is 1. The van der Waals surface area contributed by atoms with Gasteiger partial charge in [-0.05, 0) is 44.0 Å². The number of hydrogen-bond acceptors (Lipinski definition) is 7. The van der Waals surface area contributed by atoms with Crippen LogP contribution < -0.4 is 0 Å². The van der Waals surface area contributed by atoms with Crippen LogP contribution in [-0.4, -0.2) is 57.9 Å². The first-order valence-corrected chi connectivity index (χ1v) is 13.4. The van der Waals surface area contributed by atoms with Gasteiger partial charge in [-0.1, -0.05) is 42.5 Å². The number of carbonyl (C=O) groups excluding carboxylic acids is 1. The van der Waals surface area contributed by atoms with Gasteiger partial charge in [0.15, 0.2) is 5.78 Å². The average Bonchev–Trinajstić information content (AvgIpc) is 2.75. The molecule has 7 nitrogen and oxygen atoms in total. The van der Waals surface area contributed by atoms with E-state index in [9.17, 15) is 23.4 Å². The number of benzene rings is 2. The molecule has 0 fully saturated rings. The lowest BCUT2D eigenvalue weighted by Crippen LogP contribution is -2.46. The van der Waals surface area contributed by atoms with Crippen molar-refractivity contribution in [3.05, 3.63) is 65.7 Å². The van der Waals surface area contributed by atoms with E-state index in [1.165, 1.54) is 33.1 Å². The van der Waals surface area contributed by atoms with Gasteiger partial charge < -0.3 is 14.6 Å². The molecule has 0 spiro atoms. The molecule has 164 valence electrons. The van der Waals surface area contributed by atoms with Gasteiger partial charge in [0, 0.05) is 12.7 Å². The summed E-state index contributed by atoms with van der Waals surface area (Å²) >= 11 is 0. The molecule has 0 radical (unpaired) electrons. The molecule has 2 aromatic rings. The van der Waals surface area contributed by atoms with Gasteiger partial charge in [0.1, 0.15) is 5.60 Å². The Balaban J connectivity index is 2.12. The van der Waals surface area contributed by atoms with Crippen molar-refractivity contribution in [2.75, 3.05) is 19.6 Å². The molecule has 30 heavy (non-hydrogen) atoms. The predicted molar refractivity (Wildman–Crippen MR) is 115 cm³/mol. The number of rotatable bonds is 11. The fraction of sp³-hybridized carbons (Fsp3) is 0.381. The van der Waals surface area contributed by atoms with Crippen LogP contribution in [-0.2, 0) is 25.1 Å². The molecular weight excluding hydrogens is 424 g/mol. The monoisotopic (exact) mass is 452 g/mol. The Kier molecular flexibility index (Phi) is 8.09. The third-order valence-electron chi connectivity index (χ3n) is 4.99. The van der Waals surface area contributed by atoms with Crippen LogP contribution in [0.25, 0.3) is 0 Å². The molecule has 0 aliphatic rings. The number of aliphatic hydroxyl groups excluding tert-OH is 2. The summed E-state index contributed by atoms with van der Waals surface area (Å²) in [7, 11) is -5.28. The normalized spacial score (nSPS) is 12.7. The standard InChI is InChI=1S/C21H28O7SSi/c1-21(2,20(24)18-7-5-4-6-8-18)28-29(25,26)19-11-9-17(10-12-19)13-14-30(15-22,16-23)27-3/h4-12,22-23H,13-16H2,1-3H3. The van der Waals surface area contributed by atoms with Crippen LogP contribution >= 0.6 is 0 Å². The summed E-state index contributed by atoms with van der Waals surface area (Å²) in [4.78, 5) is 12.6. The molecule has 9 heteroatoms. The maximum absolute atomic E-state index is 12.7. The number of aryl methyl sites for hydroxylation is 1. The van der Waals surface area contributed by atoms with Gasteiger partial charge in [-0.15, -0.1) is 0 Å². The first-order valence-electron chi connectivity index (χ1n) is 9.50. The van der Waals surface area contributed by atoms with Crippen LogP contribution in [0.5, 0.6) is 0 Å². The SMILES string of the molecule is CO[Si](CO)(CO)CCc1ccc(S(=O)(=O)OC(C)(C)C(=O)c2ccccc2)cc1. The fourth-order valence-corrected chi connectivity index (χ4v) is 5.74. The Hall–Kier alpha value is -1.88. The van der Waals surface area contributed by atoms with Crippen LogP contribution in [0.3, 0.4) is 0 Å². The van der Waals surface area contributed by atoms with E-state index in [1.54, 1.807) is 42.5 Å². The molecule has 0 atom stereocenters. The molecule has 0 aliphatic heterocycles. The molecule has 2 rings (SSSR count). The van der Waals surface area contributed by atoms with E-state index >= 15 is 0 Å². The van der Waals surface area contributed by atoms with Crippen molar-refractivity contribution in [3.8, 4) is 0 Å². The van der Waals surface area contributed by atoms with Crippen LogP contribution in [0.15, 0.2) is 59.5 Å². The maximum atomic E-state index is 12.7. The van der Waals surface area contributed by atoms with Crippen LogP contribution in [0.4, 0.5) is 0 Å². The molecule has 0 heterocycles. The highest BCUT2D eigenvalue weighted by Gasteiger charge is 2.36. The van der Waals surface area contributed by atoms with Gasteiger partial charge in [0.2, 0.25) is 8.32 Å². The van der Waals surface area contributed by atoms with E-state index in [0.29, 0.717) is 18.0 Å². The third-order valence-corrected chi connectivity index (χ3v) is 9.66. The van der Waals surface area contributed by atoms with Crippen molar-refractivity contribution >= 4 is 24.2 Å². The Bertz CT molecular complexity index is 929. The minimum Gasteiger partial charge on any atom is -0.415 e. The van der Waals surface area contributed by atoms with E-state index in [4.69, 9.17) is 8.61 Å². The number of Topliss-reactive ketones (excluding diaryl/α,β-unsaturated/α-hetero) is 1. The van der Waals surface area contributed by atoms with Crippen molar-refractivity contribution in [2.24, 2.45) is 0 Å². The van der Waals surface area contributed by atoms with Crippen LogP contribution in [0, 0.1) is 0 Å². The second-order valence-electron chi connectivity index (χ2n) is 7.59. The van der Waals surface area contributed by atoms with Crippen molar-refractivity contribution in [1.82, 2.24) is 0 Å². The van der Waals surface area contributed by atoms with E-state index in [2.05, 4.69) is 0 Å². The van der Waals surface area contributed by atoms with Crippen molar-refractivity contribution < 1.29 is 32.0 Å². The van der Waals surface area contributed by atoms with Gasteiger partial charge in [0.25, 0.3) is 10.1 Å². The molecule has 0 saturated heterocycles. The lowest BCUT2D eigenvalue weighted by atomic mass is 9.97. The summed E-state index contributed by atoms with van der Waals surface area (Å²) in [5.74, 6) is -0.433. The fourth-order valence-electron chi connectivity index (χ4n) is 2.93. The van der Waals surface area contributed by atoms with E-state index in [-0.39, 0.29) is 17.4 Å². The van der Waals surface area contributed by atoms with Crippen molar-refractivity contribution in [2.45, 2.75) is 36.8 Å². The predicted octanol–water partition coefficient (Wildman–Crippen LogP) is 2.25. The first kappa shape index (κ1) is 24.4. The Labute approximate surface area is 178 Å². The van der Waals surface area contributed by atoms with Crippen LogP contribution in [0.2, 0.25) is 6.04 Å². The number of hydrogen-bond donors (Lipinski definition) is 2. The molecule has 0 unspecified atom stereocenters. The number of carbonyl (C=O) groups is 1. The molecule has 0 saturated carbocycles. The first-order chi connectivity index (χ1) is 14.1. The Morgan fingerprint density at radius 3 is 2.07 bits per heavy atom. The third kappa shape index (κ3) is 5.84. The number of aliphatic hydroxyl groups is 2. The zero-order valence-corrected chi connectivity index (χ0v) is 19.2. The van der Waals surface area contributed by atoms with Gasteiger partial charge in [-0.2, -0.15) is 8.42 Å². The molecule has 2 aromatic carbocycles. The average molecular weight is 453 g/mol. The summed E-state index contributed by atoms with van der Waals surface area (Å²) in [6, 6.07) is 15.0. The topological polar surface area (TPSA) is 110 Å². The van der Waals surface area contributed by atoms with Gasteiger partial charge >= 0.3 is 0 Å². The summed E-state index contributed by atoms with van der Waals surface area (Å²) in [5, 5.41) is 19.0. The molecule has 0 aliphatic carbocycles. The highest BCUT2D eigenvalue weighted by molar-refractivity contribution is 7.86. The largest absolute Gasteiger partial charge is 0.415 e. The summed E-state index contributed by atoms with van der Waals surface area (Å²) in [5.41, 5.74) is -0.360. The lowest BCUT2D eigenvalue weighted by molar-refractivity contribution is 0.0605. The van der Waals surface area contributed by atoms with Crippen LogP contribution in [0.1, 0.15) is 29.8 Å². The molecule has 0 aromatic heterocycles. The minimum atomic E-state index is -4.16. The van der Waals surface area contributed by atoms with E-state index in [0.717, 1.165) is 5.56 Å². The molecule has 0 bridgehead atoms. The Morgan fingerprint density at radius 1 is 1.00 bits per heavy atom. The van der Waals surface area contributed by atoms with Gasteiger partial charge in [-0.25, -0.2) is 0 Å². The smallest absolute Gasteiger partial charge is 0.297 e.